The van der Waals surface area contributed by atoms with Crippen LogP contribution in [0, 0.1) is 0 Å². The van der Waals surface area contributed by atoms with Crippen LogP contribution in [-0.2, 0) is 11.2 Å². The van der Waals surface area contributed by atoms with E-state index in [-0.39, 0.29) is 17.6 Å². The minimum Gasteiger partial charge on any atom is -0.508 e. The molecule has 4 rings (SSSR count). The summed E-state index contributed by atoms with van der Waals surface area (Å²) in [5.41, 5.74) is 3.54. The zero-order chi connectivity index (χ0) is 20.8. The van der Waals surface area contributed by atoms with Crippen LogP contribution in [0.2, 0.25) is 0 Å². The second-order valence-corrected chi connectivity index (χ2v) is 7.54. The molecule has 0 aliphatic heterocycles. The third-order valence-corrected chi connectivity index (χ3v) is 5.31. The van der Waals surface area contributed by atoms with E-state index in [9.17, 15) is 9.90 Å². The van der Waals surface area contributed by atoms with Gasteiger partial charge in [-0.3, -0.25) is 4.79 Å². The van der Waals surface area contributed by atoms with Gasteiger partial charge in [-0.1, -0.05) is 42.5 Å². The fraction of sp³-hybridized carbons (Fsp3) is 0.240. The largest absolute Gasteiger partial charge is 0.508 e. The van der Waals surface area contributed by atoms with Crippen LogP contribution in [0.5, 0.6) is 5.75 Å². The van der Waals surface area contributed by atoms with E-state index in [4.69, 9.17) is 4.98 Å². The lowest BCUT2D eigenvalue weighted by atomic mass is 9.92. The predicted octanol–water partition coefficient (Wildman–Crippen LogP) is 5.24. The molecule has 2 aromatic carbocycles. The number of phenolic OH excluding ortho intramolecular Hbond substituents is 1. The van der Waals surface area contributed by atoms with Crippen molar-refractivity contribution in [3.8, 4) is 17.0 Å². The molecule has 5 heteroatoms. The van der Waals surface area contributed by atoms with Gasteiger partial charge in [-0.15, -0.1) is 0 Å². The highest BCUT2D eigenvalue weighted by molar-refractivity contribution is 5.90. The van der Waals surface area contributed by atoms with Crippen LogP contribution in [0.3, 0.4) is 0 Å². The molecule has 1 amide bonds. The van der Waals surface area contributed by atoms with Gasteiger partial charge in [-0.05, 0) is 55.5 Å². The molecule has 0 saturated heterocycles. The molecule has 1 unspecified atom stereocenters. The number of benzene rings is 2. The van der Waals surface area contributed by atoms with Crippen LogP contribution in [0.15, 0.2) is 72.9 Å². The summed E-state index contributed by atoms with van der Waals surface area (Å²) in [5, 5.41) is 12.5. The molecule has 30 heavy (non-hydrogen) atoms. The highest BCUT2D eigenvalue weighted by Crippen LogP contribution is 2.32. The first-order chi connectivity index (χ1) is 14.7. The average molecular weight is 399 g/mol. The van der Waals surface area contributed by atoms with Gasteiger partial charge in [0.1, 0.15) is 5.75 Å². The van der Waals surface area contributed by atoms with Gasteiger partial charge in [0.15, 0.2) is 5.82 Å². The van der Waals surface area contributed by atoms with Crippen molar-refractivity contribution in [3.05, 3.63) is 84.2 Å². The Bertz CT molecular complexity index is 1030. The van der Waals surface area contributed by atoms with Crippen molar-refractivity contribution in [2.75, 3.05) is 5.32 Å². The van der Waals surface area contributed by atoms with Crippen LogP contribution in [0.25, 0.3) is 11.3 Å². The molecule has 1 aliphatic rings. The number of hydrogen-bond acceptors (Lipinski definition) is 4. The van der Waals surface area contributed by atoms with Crippen LogP contribution < -0.4 is 5.32 Å². The number of hydrogen-bond donors (Lipinski definition) is 2. The molecule has 1 aliphatic carbocycles. The second-order valence-electron chi connectivity index (χ2n) is 7.54. The topological polar surface area (TPSA) is 75.1 Å². The van der Waals surface area contributed by atoms with Gasteiger partial charge in [0, 0.05) is 17.9 Å². The number of anilines is 1. The van der Waals surface area contributed by atoms with Gasteiger partial charge >= 0.3 is 0 Å². The Hall–Kier alpha value is -3.47. The van der Waals surface area contributed by atoms with E-state index in [1.807, 2.05) is 42.5 Å². The quantitative estimate of drug-likeness (QED) is 0.556. The summed E-state index contributed by atoms with van der Waals surface area (Å²) in [5.74, 6) is 0.816. The minimum absolute atomic E-state index is 0.0634. The van der Waals surface area contributed by atoms with Crippen molar-refractivity contribution < 1.29 is 9.90 Å². The number of amides is 1. The van der Waals surface area contributed by atoms with Crippen molar-refractivity contribution >= 4 is 11.7 Å². The van der Waals surface area contributed by atoms with Crippen molar-refractivity contribution in [2.24, 2.45) is 0 Å². The highest BCUT2D eigenvalue weighted by atomic mass is 16.3. The summed E-state index contributed by atoms with van der Waals surface area (Å²) in [6, 6.07) is 16.9. The van der Waals surface area contributed by atoms with Gasteiger partial charge in [0.25, 0.3) is 0 Å². The molecule has 0 bridgehead atoms. The lowest BCUT2D eigenvalue weighted by Crippen LogP contribution is -2.17. The fourth-order valence-electron chi connectivity index (χ4n) is 3.67. The number of aromatic hydroxyl groups is 1. The Balaban J connectivity index is 1.56. The zero-order valence-corrected chi connectivity index (χ0v) is 16.8. The Morgan fingerprint density at radius 1 is 1.10 bits per heavy atom. The Kier molecular flexibility index (Phi) is 6.18. The summed E-state index contributed by atoms with van der Waals surface area (Å²) in [6.07, 6.45) is 10.2. The van der Waals surface area contributed by atoms with Gasteiger partial charge in [-0.25, -0.2) is 9.97 Å². The monoisotopic (exact) mass is 399 g/mol. The molecule has 0 fully saturated rings. The first-order valence-corrected chi connectivity index (χ1v) is 10.4. The summed E-state index contributed by atoms with van der Waals surface area (Å²) >= 11 is 0. The Labute approximate surface area is 176 Å². The first-order valence-electron chi connectivity index (χ1n) is 10.4. The number of carbonyl (C=O) groups is 1. The lowest BCUT2D eigenvalue weighted by Gasteiger charge is -2.19. The first kappa shape index (κ1) is 19.8. The maximum atomic E-state index is 12.6. The summed E-state index contributed by atoms with van der Waals surface area (Å²) in [4.78, 5) is 22.0. The summed E-state index contributed by atoms with van der Waals surface area (Å²) in [7, 11) is 0. The number of nitrogens with one attached hydrogen (secondary N) is 1. The van der Waals surface area contributed by atoms with Crippen molar-refractivity contribution in [3.63, 3.8) is 0 Å². The molecule has 1 atom stereocenters. The third-order valence-electron chi connectivity index (χ3n) is 5.31. The van der Waals surface area contributed by atoms with Crippen molar-refractivity contribution in [2.45, 2.75) is 38.0 Å². The molecule has 5 nitrogen and oxygen atoms in total. The van der Waals surface area contributed by atoms with Gasteiger partial charge < -0.3 is 10.4 Å². The van der Waals surface area contributed by atoms with Crippen LogP contribution in [0.4, 0.5) is 5.82 Å². The number of aromatic nitrogens is 2. The van der Waals surface area contributed by atoms with Gasteiger partial charge in [0.05, 0.1) is 17.6 Å². The van der Waals surface area contributed by atoms with Crippen molar-refractivity contribution in [1.82, 2.24) is 9.97 Å². The van der Waals surface area contributed by atoms with E-state index in [2.05, 4.69) is 22.5 Å². The van der Waals surface area contributed by atoms with Crippen molar-refractivity contribution in [1.29, 1.82) is 0 Å². The average Bonchev–Trinajstić information content (AvgIpc) is 2.80. The smallest absolute Gasteiger partial charge is 0.225 e. The SMILES string of the molecule is O=C(CCc1ccccc1)Nc1ncc(-c2ccc(O)cc2)nc1C1C=CCCC1. The normalized spacial score (nSPS) is 15.7. The van der Waals surface area contributed by atoms with E-state index in [1.54, 1.807) is 18.3 Å². The molecule has 0 saturated carbocycles. The molecule has 1 heterocycles. The second kappa shape index (κ2) is 9.35. The van der Waals surface area contributed by atoms with Crippen LogP contribution in [-0.4, -0.2) is 21.0 Å². The molecule has 2 N–H and O–H groups in total. The van der Waals surface area contributed by atoms with E-state index >= 15 is 0 Å². The van der Waals surface area contributed by atoms with E-state index in [0.29, 0.717) is 18.7 Å². The van der Waals surface area contributed by atoms with E-state index in [1.165, 1.54) is 0 Å². The molecule has 0 radical (unpaired) electrons. The van der Waals surface area contributed by atoms with E-state index < -0.39 is 0 Å². The number of rotatable bonds is 6. The number of aryl methyl sites for hydroxylation is 1. The van der Waals surface area contributed by atoms with Gasteiger partial charge in [-0.2, -0.15) is 0 Å². The minimum atomic E-state index is -0.0634. The molecule has 3 aromatic rings. The molecular formula is C25H25N3O2. The summed E-state index contributed by atoms with van der Waals surface area (Å²) in [6.45, 7) is 0. The Morgan fingerprint density at radius 2 is 1.90 bits per heavy atom. The van der Waals surface area contributed by atoms with E-state index in [0.717, 1.165) is 41.8 Å². The molecule has 0 spiro atoms. The lowest BCUT2D eigenvalue weighted by molar-refractivity contribution is -0.116. The number of phenols is 1. The zero-order valence-electron chi connectivity index (χ0n) is 16.8. The third kappa shape index (κ3) is 4.92. The number of allylic oxidation sites excluding steroid dienone is 2. The summed E-state index contributed by atoms with van der Waals surface area (Å²) < 4.78 is 0. The maximum Gasteiger partial charge on any atom is 0.225 e. The fourth-order valence-corrected chi connectivity index (χ4v) is 3.67. The molecular weight excluding hydrogens is 374 g/mol. The number of nitrogens with zero attached hydrogens (tertiary/aromatic N) is 2. The predicted molar refractivity (Wildman–Crippen MR) is 118 cm³/mol. The standard InChI is InChI=1S/C25H25N3O2/c29-21-14-12-19(13-15-21)22-17-26-25(24(27-22)20-9-5-2-6-10-20)28-23(30)16-11-18-7-3-1-4-8-18/h1,3-5,7-9,12-15,17,20,29H,2,6,10-11,16H2,(H,26,28,30). The number of carbonyl (C=O) groups excluding carboxylic acids is 1. The highest BCUT2D eigenvalue weighted by Gasteiger charge is 2.20. The maximum absolute atomic E-state index is 12.6. The van der Waals surface area contributed by atoms with Crippen LogP contribution >= 0.6 is 0 Å². The van der Waals surface area contributed by atoms with Crippen LogP contribution in [0.1, 0.15) is 42.9 Å². The van der Waals surface area contributed by atoms with Gasteiger partial charge in [0.2, 0.25) is 5.91 Å². The molecule has 1 aromatic heterocycles. The molecule has 152 valence electrons. The Morgan fingerprint density at radius 3 is 2.63 bits per heavy atom.